The van der Waals surface area contributed by atoms with Gasteiger partial charge < -0.3 is 0 Å². The van der Waals surface area contributed by atoms with Gasteiger partial charge in [0.25, 0.3) is 12.1 Å². The Hall–Kier alpha value is -1.80. The van der Waals surface area contributed by atoms with Crippen molar-refractivity contribution in [3.63, 3.8) is 0 Å². The minimum absolute atomic E-state index is 0.167. The number of pyridine rings is 1. The van der Waals surface area contributed by atoms with Crippen LogP contribution in [0.4, 0.5) is 27.6 Å². The van der Waals surface area contributed by atoms with Crippen molar-refractivity contribution < 1.29 is 26.9 Å². The Bertz CT molecular complexity index is 418. The minimum atomic E-state index is -5.07. The van der Waals surface area contributed by atoms with Crippen molar-refractivity contribution in [1.29, 1.82) is 0 Å². The summed E-state index contributed by atoms with van der Waals surface area (Å²) in [6.45, 7) is 0. The number of nitrogens with zero attached hydrogens (tertiary/aromatic N) is 2. The van der Waals surface area contributed by atoms with E-state index < -0.39 is 34.5 Å². The second kappa shape index (κ2) is 3.99. The van der Waals surface area contributed by atoms with Crippen LogP contribution in [0.15, 0.2) is 12.3 Å². The smallest absolute Gasteiger partial charge is 0.258 e. The van der Waals surface area contributed by atoms with E-state index in [0.717, 1.165) is 0 Å². The lowest BCUT2D eigenvalue weighted by Gasteiger charge is -2.10. The lowest BCUT2D eigenvalue weighted by molar-refractivity contribution is -0.385. The highest BCUT2D eigenvalue weighted by molar-refractivity contribution is 5.36. The largest absolute Gasteiger partial charge is 0.433 e. The first-order valence-electron chi connectivity index (χ1n) is 3.73. The van der Waals surface area contributed by atoms with E-state index in [9.17, 15) is 32.1 Å². The van der Waals surface area contributed by atoms with Crippen LogP contribution in [0.2, 0.25) is 0 Å². The van der Waals surface area contributed by atoms with Gasteiger partial charge in [0.2, 0.25) is 0 Å². The summed E-state index contributed by atoms with van der Waals surface area (Å²) >= 11 is 0. The Morgan fingerprint density at radius 3 is 2.31 bits per heavy atom. The molecule has 0 aliphatic carbocycles. The van der Waals surface area contributed by atoms with Crippen LogP contribution in [0.25, 0.3) is 0 Å². The van der Waals surface area contributed by atoms with Gasteiger partial charge in [0.05, 0.1) is 10.5 Å². The molecule has 0 saturated carbocycles. The maximum atomic E-state index is 12.2. The summed E-state index contributed by atoms with van der Waals surface area (Å²) in [5.41, 5.74) is -4.22. The van der Waals surface area contributed by atoms with Crippen molar-refractivity contribution in [3.05, 3.63) is 33.6 Å². The Balaban J connectivity index is 3.37. The molecule has 1 heterocycles. The van der Waals surface area contributed by atoms with Gasteiger partial charge in [-0.1, -0.05) is 0 Å². The predicted molar refractivity (Wildman–Crippen MR) is 40.9 cm³/mol. The van der Waals surface area contributed by atoms with Gasteiger partial charge in [0, 0.05) is 6.07 Å². The molecule has 0 amide bonds. The maximum Gasteiger partial charge on any atom is 0.433 e. The van der Waals surface area contributed by atoms with E-state index in [1.165, 1.54) is 0 Å². The Labute approximate surface area is 84.9 Å². The highest BCUT2D eigenvalue weighted by Crippen LogP contribution is 2.36. The van der Waals surface area contributed by atoms with E-state index in [1.54, 1.807) is 0 Å². The number of hydrogen-bond donors (Lipinski definition) is 0. The van der Waals surface area contributed by atoms with Gasteiger partial charge in [-0.25, -0.2) is 13.8 Å². The molecule has 1 rings (SSSR count). The molecule has 88 valence electrons. The Kier molecular flexibility index (Phi) is 3.06. The normalized spacial score (nSPS) is 11.9. The lowest BCUT2D eigenvalue weighted by atomic mass is 10.2. The third-order valence-electron chi connectivity index (χ3n) is 1.62. The first kappa shape index (κ1) is 12.3. The number of alkyl halides is 5. The SMILES string of the molecule is O=[N+]([O-])c1cnc(C(F)(F)F)c(C(F)F)c1. The first-order valence-corrected chi connectivity index (χ1v) is 3.73. The summed E-state index contributed by atoms with van der Waals surface area (Å²) < 4.78 is 61.0. The Morgan fingerprint density at radius 1 is 1.38 bits per heavy atom. The summed E-state index contributed by atoms with van der Waals surface area (Å²) in [5, 5.41) is 10.2. The zero-order valence-corrected chi connectivity index (χ0v) is 7.33. The van der Waals surface area contributed by atoms with Crippen molar-refractivity contribution in [2.45, 2.75) is 12.6 Å². The van der Waals surface area contributed by atoms with Crippen molar-refractivity contribution >= 4 is 5.69 Å². The van der Waals surface area contributed by atoms with Gasteiger partial charge in [-0.05, 0) is 0 Å². The molecular weight excluding hydrogens is 239 g/mol. The number of rotatable bonds is 2. The van der Waals surface area contributed by atoms with Crippen LogP contribution in [-0.2, 0) is 6.18 Å². The molecular formula is C7H3F5N2O2. The highest BCUT2D eigenvalue weighted by atomic mass is 19.4. The molecule has 0 saturated heterocycles. The van der Waals surface area contributed by atoms with Crippen molar-refractivity contribution in [1.82, 2.24) is 4.98 Å². The van der Waals surface area contributed by atoms with Gasteiger partial charge in [0.15, 0.2) is 5.69 Å². The third kappa shape index (κ3) is 2.41. The monoisotopic (exact) mass is 242 g/mol. The zero-order valence-electron chi connectivity index (χ0n) is 7.33. The predicted octanol–water partition coefficient (Wildman–Crippen LogP) is 2.95. The highest BCUT2D eigenvalue weighted by Gasteiger charge is 2.38. The van der Waals surface area contributed by atoms with Crippen LogP contribution in [-0.4, -0.2) is 9.91 Å². The van der Waals surface area contributed by atoms with E-state index in [2.05, 4.69) is 4.98 Å². The number of nitro groups is 1. The average Bonchev–Trinajstić information content (AvgIpc) is 2.15. The number of hydrogen-bond acceptors (Lipinski definition) is 3. The van der Waals surface area contributed by atoms with E-state index >= 15 is 0 Å². The van der Waals surface area contributed by atoms with Crippen LogP contribution in [0.5, 0.6) is 0 Å². The van der Waals surface area contributed by atoms with Crippen molar-refractivity contribution in [2.24, 2.45) is 0 Å². The summed E-state index contributed by atoms with van der Waals surface area (Å²) in [4.78, 5) is 11.7. The fraction of sp³-hybridized carbons (Fsp3) is 0.286. The second-order valence-electron chi connectivity index (χ2n) is 2.69. The van der Waals surface area contributed by atoms with E-state index in [-0.39, 0.29) is 12.3 Å². The zero-order chi connectivity index (χ0) is 12.5. The second-order valence-corrected chi connectivity index (χ2v) is 2.69. The molecule has 0 bridgehead atoms. The maximum absolute atomic E-state index is 12.2. The van der Waals surface area contributed by atoms with Crippen LogP contribution < -0.4 is 0 Å². The molecule has 0 N–H and O–H groups in total. The van der Waals surface area contributed by atoms with Gasteiger partial charge in [-0.15, -0.1) is 0 Å². The van der Waals surface area contributed by atoms with Crippen LogP contribution in [0, 0.1) is 10.1 Å². The molecule has 9 heteroatoms. The molecule has 1 aromatic heterocycles. The quantitative estimate of drug-likeness (QED) is 0.455. The van der Waals surface area contributed by atoms with Crippen molar-refractivity contribution in [3.8, 4) is 0 Å². The van der Waals surface area contributed by atoms with Gasteiger partial charge in [-0.2, -0.15) is 13.2 Å². The lowest BCUT2D eigenvalue weighted by Crippen LogP contribution is -2.12. The van der Waals surface area contributed by atoms with Crippen molar-refractivity contribution in [2.75, 3.05) is 0 Å². The fourth-order valence-corrected chi connectivity index (χ4v) is 0.973. The molecule has 16 heavy (non-hydrogen) atoms. The van der Waals surface area contributed by atoms with Gasteiger partial charge in [0.1, 0.15) is 6.20 Å². The molecule has 4 nitrogen and oxygen atoms in total. The van der Waals surface area contributed by atoms with E-state index in [4.69, 9.17) is 0 Å². The molecule has 0 unspecified atom stereocenters. The van der Waals surface area contributed by atoms with Crippen LogP contribution in [0.1, 0.15) is 17.7 Å². The number of halogens is 5. The third-order valence-corrected chi connectivity index (χ3v) is 1.62. The Morgan fingerprint density at radius 2 is 1.94 bits per heavy atom. The number of aromatic nitrogens is 1. The van der Waals surface area contributed by atoms with E-state index in [1.807, 2.05) is 0 Å². The van der Waals surface area contributed by atoms with Crippen LogP contribution >= 0.6 is 0 Å². The van der Waals surface area contributed by atoms with Gasteiger partial charge >= 0.3 is 6.18 Å². The summed E-state index contributed by atoms with van der Waals surface area (Å²) in [5.74, 6) is 0. The molecule has 0 aliphatic heterocycles. The topological polar surface area (TPSA) is 56.0 Å². The molecule has 1 aromatic rings. The molecule has 0 fully saturated rings. The van der Waals surface area contributed by atoms with Crippen LogP contribution in [0.3, 0.4) is 0 Å². The molecule has 0 spiro atoms. The first-order chi connectivity index (χ1) is 7.23. The summed E-state index contributed by atoms with van der Waals surface area (Å²) in [7, 11) is 0. The molecule has 0 aliphatic rings. The minimum Gasteiger partial charge on any atom is -0.258 e. The summed E-state index contributed by atoms with van der Waals surface area (Å²) in [6.07, 6.45) is -8.26. The average molecular weight is 242 g/mol. The molecule has 0 atom stereocenters. The molecule has 0 aromatic carbocycles. The molecule has 0 radical (unpaired) electrons. The van der Waals surface area contributed by atoms with E-state index in [0.29, 0.717) is 0 Å². The van der Waals surface area contributed by atoms with Gasteiger partial charge in [-0.3, -0.25) is 10.1 Å². The summed E-state index contributed by atoms with van der Waals surface area (Å²) in [6, 6.07) is 0.167. The fourth-order valence-electron chi connectivity index (χ4n) is 0.973. The standard InChI is InChI=1S/C7H3F5N2O2/c8-6(9)4-1-3(14(15)16)2-13-5(4)7(10,11)12/h1-2,6H.